The van der Waals surface area contributed by atoms with Gasteiger partial charge in [-0.1, -0.05) is 6.07 Å². The number of rotatable bonds is 4. The van der Waals surface area contributed by atoms with E-state index < -0.39 is 17.9 Å². The first-order valence-corrected chi connectivity index (χ1v) is 7.63. The van der Waals surface area contributed by atoms with Gasteiger partial charge in [0.05, 0.1) is 26.2 Å². The number of carboxylic acids is 1. The summed E-state index contributed by atoms with van der Waals surface area (Å²) in [5.41, 5.74) is 1.22. The normalized spacial score (nSPS) is 19.3. The number of aliphatic carboxylic acids is 1. The summed E-state index contributed by atoms with van der Waals surface area (Å²) in [6.45, 7) is 0. The lowest BCUT2D eigenvalue weighted by Gasteiger charge is -2.41. The number of benzene rings is 1. The molecule has 1 amide bonds. The van der Waals surface area contributed by atoms with Crippen molar-refractivity contribution in [2.75, 3.05) is 21.3 Å². The summed E-state index contributed by atoms with van der Waals surface area (Å²) in [7, 11) is 4.47. The zero-order chi connectivity index (χ0) is 18.1. The standard InChI is InChI=1S/C18H18N2O5/c1-20-16(10-5-4-6-19-9-10)15(18(22)23)11-7-13(24-2)14(25-3)8-12(11)17(20)21/h4-9,15-16H,1-3H3,(H,22,23)/p-1. The second-order valence-electron chi connectivity index (χ2n) is 5.74. The van der Waals surface area contributed by atoms with Crippen molar-refractivity contribution < 1.29 is 24.2 Å². The summed E-state index contributed by atoms with van der Waals surface area (Å²) in [6.07, 6.45) is 3.14. The van der Waals surface area contributed by atoms with Gasteiger partial charge in [-0.15, -0.1) is 0 Å². The number of carboxylic acid groups (broad SMARTS) is 1. The van der Waals surface area contributed by atoms with Crippen LogP contribution in [0.15, 0.2) is 36.7 Å². The van der Waals surface area contributed by atoms with Crippen molar-refractivity contribution in [2.45, 2.75) is 12.0 Å². The molecule has 1 aromatic carbocycles. The summed E-state index contributed by atoms with van der Waals surface area (Å²) < 4.78 is 10.5. The van der Waals surface area contributed by atoms with Gasteiger partial charge in [0.2, 0.25) is 0 Å². The first-order valence-electron chi connectivity index (χ1n) is 7.63. The topological polar surface area (TPSA) is 91.8 Å². The lowest BCUT2D eigenvalue weighted by Crippen LogP contribution is -2.46. The number of amides is 1. The van der Waals surface area contributed by atoms with E-state index in [2.05, 4.69) is 4.98 Å². The van der Waals surface area contributed by atoms with Gasteiger partial charge < -0.3 is 24.3 Å². The Morgan fingerprint density at radius 1 is 1.24 bits per heavy atom. The van der Waals surface area contributed by atoms with Crippen molar-refractivity contribution in [2.24, 2.45) is 0 Å². The number of carbonyl (C=O) groups excluding carboxylic acids is 2. The molecule has 1 aliphatic heterocycles. The number of carbonyl (C=O) groups is 2. The van der Waals surface area contributed by atoms with Crippen molar-refractivity contribution in [3.63, 3.8) is 0 Å². The van der Waals surface area contributed by atoms with Crippen molar-refractivity contribution >= 4 is 11.9 Å². The summed E-state index contributed by atoms with van der Waals surface area (Å²) in [5, 5.41) is 12.0. The predicted octanol–water partition coefficient (Wildman–Crippen LogP) is 0.759. The van der Waals surface area contributed by atoms with Crippen molar-refractivity contribution in [1.29, 1.82) is 0 Å². The van der Waals surface area contributed by atoms with E-state index in [1.165, 1.54) is 31.3 Å². The lowest BCUT2D eigenvalue weighted by atomic mass is 9.80. The number of nitrogens with zero attached hydrogens (tertiary/aromatic N) is 2. The molecule has 2 aromatic rings. The monoisotopic (exact) mass is 341 g/mol. The first kappa shape index (κ1) is 16.8. The summed E-state index contributed by atoms with van der Waals surface area (Å²) in [5.74, 6) is -1.92. The van der Waals surface area contributed by atoms with Crippen LogP contribution in [-0.4, -0.2) is 43.0 Å². The number of methoxy groups -OCH3 is 2. The highest BCUT2D eigenvalue weighted by molar-refractivity contribution is 6.00. The largest absolute Gasteiger partial charge is 0.549 e. The number of fused-ring (bicyclic) bond motifs is 1. The molecule has 2 heterocycles. The van der Waals surface area contributed by atoms with Gasteiger partial charge in [0, 0.05) is 30.9 Å². The van der Waals surface area contributed by atoms with Gasteiger partial charge >= 0.3 is 0 Å². The highest BCUT2D eigenvalue weighted by Gasteiger charge is 2.40. The Morgan fingerprint density at radius 3 is 2.48 bits per heavy atom. The summed E-state index contributed by atoms with van der Waals surface area (Å²) in [6, 6.07) is 5.75. The van der Waals surface area contributed by atoms with Gasteiger partial charge in [-0.25, -0.2) is 0 Å². The third-order valence-electron chi connectivity index (χ3n) is 4.45. The summed E-state index contributed by atoms with van der Waals surface area (Å²) in [4.78, 5) is 30.2. The van der Waals surface area contributed by atoms with Crippen LogP contribution in [0.5, 0.6) is 11.5 Å². The maximum absolute atomic E-state index is 12.8. The van der Waals surface area contributed by atoms with Crippen LogP contribution in [0.2, 0.25) is 0 Å². The van der Waals surface area contributed by atoms with Crippen LogP contribution in [0.4, 0.5) is 0 Å². The van der Waals surface area contributed by atoms with Crippen LogP contribution >= 0.6 is 0 Å². The molecular formula is C18H17N2O5-. The Balaban J connectivity index is 2.24. The predicted molar refractivity (Wildman–Crippen MR) is 86.4 cm³/mol. The average Bonchev–Trinajstić information content (AvgIpc) is 2.63. The number of ether oxygens (including phenoxy) is 2. The molecule has 1 aromatic heterocycles. The van der Waals surface area contributed by atoms with Gasteiger partial charge in [0.25, 0.3) is 5.91 Å². The maximum atomic E-state index is 12.8. The molecule has 3 rings (SSSR count). The van der Waals surface area contributed by atoms with E-state index in [0.717, 1.165) is 0 Å². The Kier molecular flexibility index (Phi) is 4.31. The first-order chi connectivity index (χ1) is 12.0. The molecule has 1 aliphatic rings. The van der Waals surface area contributed by atoms with Gasteiger partial charge in [-0.2, -0.15) is 0 Å². The van der Waals surface area contributed by atoms with Crippen LogP contribution in [0.25, 0.3) is 0 Å². The van der Waals surface area contributed by atoms with Crippen LogP contribution < -0.4 is 14.6 Å². The number of hydrogen-bond acceptors (Lipinski definition) is 6. The minimum Gasteiger partial charge on any atom is -0.549 e. The highest BCUT2D eigenvalue weighted by atomic mass is 16.5. The van der Waals surface area contributed by atoms with Crippen LogP contribution in [0.1, 0.15) is 33.4 Å². The fourth-order valence-electron chi connectivity index (χ4n) is 3.27. The van der Waals surface area contributed by atoms with Crippen LogP contribution in [0, 0.1) is 0 Å². The van der Waals surface area contributed by atoms with E-state index in [1.807, 2.05) is 0 Å². The molecule has 0 saturated carbocycles. The van der Waals surface area contributed by atoms with Gasteiger partial charge in [0.1, 0.15) is 0 Å². The molecule has 7 heteroatoms. The fourth-order valence-corrected chi connectivity index (χ4v) is 3.27. The van der Waals surface area contributed by atoms with Gasteiger partial charge in [-0.3, -0.25) is 9.78 Å². The average molecular weight is 341 g/mol. The van der Waals surface area contributed by atoms with E-state index in [9.17, 15) is 14.7 Å². The molecule has 2 atom stereocenters. The van der Waals surface area contributed by atoms with Gasteiger partial charge in [0.15, 0.2) is 11.5 Å². The Labute approximate surface area is 144 Å². The lowest BCUT2D eigenvalue weighted by molar-refractivity contribution is -0.309. The summed E-state index contributed by atoms with van der Waals surface area (Å²) >= 11 is 0. The number of hydrogen-bond donors (Lipinski definition) is 0. The molecule has 130 valence electrons. The quantitative estimate of drug-likeness (QED) is 0.815. The fraction of sp³-hybridized carbons (Fsp3) is 0.278. The maximum Gasteiger partial charge on any atom is 0.254 e. The molecule has 0 bridgehead atoms. The SMILES string of the molecule is COc1cc2c(cc1OC)C(C(=O)[O-])C(c1cccnc1)N(C)C2=O. The van der Waals surface area contributed by atoms with Crippen LogP contribution in [-0.2, 0) is 4.79 Å². The van der Waals surface area contributed by atoms with Crippen molar-refractivity contribution in [3.05, 3.63) is 53.3 Å². The van der Waals surface area contributed by atoms with Gasteiger partial charge in [-0.05, 0) is 29.3 Å². The molecule has 25 heavy (non-hydrogen) atoms. The molecule has 7 nitrogen and oxygen atoms in total. The molecule has 2 unspecified atom stereocenters. The molecule has 0 saturated heterocycles. The minimum absolute atomic E-state index is 0.259. The van der Waals surface area contributed by atoms with E-state index in [4.69, 9.17) is 9.47 Å². The second kappa shape index (κ2) is 6.43. The number of aromatic nitrogens is 1. The molecule has 0 radical (unpaired) electrons. The third-order valence-corrected chi connectivity index (χ3v) is 4.45. The highest BCUT2D eigenvalue weighted by Crippen LogP contribution is 2.44. The molecule has 0 aliphatic carbocycles. The Bertz CT molecular complexity index is 822. The smallest absolute Gasteiger partial charge is 0.254 e. The van der Waals surface area contributed by atoms with Crippen molar-refractivity contribution in [1.82, 2.24) is 9.88 Å². The number of likely N-dealkylation sites (N-methyl/N-ethyl adjacent to an activating group) is 1. The molecule has 0 fully saturated rings. The van der Waals surface area contributed by atoms with E-state index in [-0.39, 0.29) is 11.5 Å². The number of pyridine rings is 1. The molecular weight excluding hydrogens is 324 g/mol. The zero-order valence-electron chi connectivity index (χ0n) is 14.1. The zero-order valence-corrected chi connectivity index (χ0v) is 14.1. The van der Waals surface area contributed by atoms with Crippen molar-refractivity contribution in [3.8, 4) is 11.5 Å². The van der Waals surface area contributed by atoms with E-state index in [1.54, 1.807) is 31.6 Å². The van der Waals surface area contributed by atoms with Crippen LogP contribution in [0.3, 0.4) is 0 Å². The Morgan fingerprint density at radius 2 is 1.92 bits per heavy atom. The van der Waals surface area contributed by atoms with E-state index >= 15 is 0 Å². The second-order valence-corrected chi connectivity index (χ2v) is 5.74. The molecule has 0 spiro atoms. The van der Waals surface area contributed by atoms with E-state index in [0.29, 0.717) is 22.6 Å². The minimum atomic E-state index is -1.28. The molecule has 0 N–H and O–H groups in total. The Hall–Kier alpha value is -3.09. The third kappa shape index (κ3) is 2.67.